The molecule has 3 nitrogen and oxygen atoms in total. The van der Waals surface area contributed by atoms with E-state index in [0.717, 1.165) is 0 Å². The van der Waals surface area contributed by atoms with Gasteiger partial charge < -0.3 is 9.84 Å². The first kappa shape index (κ1) is 10.5. The standard InChI is InChI=1S/C7H10Br2O3/c1-2-12-5(11)6(4-10)3-7(6,8)9/h10H,2-4H2,1H3. The molecule has 70 valence electrons. The summed E-state index contributed by atoms with van der Waals surface area (Å²) in [5, 5.41) is 9.03. The predicted molar refractivity (Wildman–Crippen MR) is 51.4 cm³/mol. The van der Waals surface area contributed by atoms with Gasteiger partial charge in [-0.1, -0.05) is 31.9 Å². The van der Waals surface area contributed by atoms with Crippen LogP contribution in [0.25, 0.3) is 0 Å². The van der Waals surface area contributed by atoms with Crippen LogP contribution >= 0.6 is 31.9 Å². The maximum absolute atomic E-state index is 11.3. The van der Waals surface area contributed by atoms with Crippen molar-refractivity contribution < 1.29 is 14.6 Å². The lowest BCUT2D eigenvalue weighted by Gasteiger charge is -2.13. The predicted octanol–water partition coefficient (Wildman–Crippen LogP) is 1.42. The van der Waals surface area contributed by atoms with Crippen molar-refractivity contribution in [3.8, 4) is 0 Å². The molecule has 1 aliphatic rings. The van der Waals surface area contributed by atoms with E-state index in [0.29, 0.717) is 13.0 Å². The second-order valence-electron chi connectivity index (χ2n) is 2.84. The van der Waals surface area contributed by atoms with E-state index in [2.05, 4.69) is 31.9 Å². The fourth-order valence-corrected chi connectivity index (χ4v) is 2.59. The number of aliphatic hydroxyl groups is 1. The molecule has 12 heavy (non-hydrogen) atoms. The van der Waals surface area contributed by atoms with Gasteiger partial charge in [0.1, 0.15) is 8.65 Å². The highest BCUT2D eigenvalue weighted by atomic mass is 79.9. The summed E-state index contributed by atoms with van der Waals surface area (Å²) in [6.07, 6.45) is 0.565. The van der Waals surface area contributed by atoms with E-state index >= 15 is 0 Å². The SMILES string of the molecule is CCOC(=O)C1(CO)CC1(Br)Br. The molecule has 1 fully saturated rings. The Morgan fingerprint density at radius 3 is 2.42 bits per heavy atom. The van der Waals surface area contributed by atoms with E-state index in [-0.39, 0.29) is 12.6 Å². The quantitative estimate of drug-likeness (QED) is 0.633. The number of hydrogen-bond acceptors (Lipinski definition) is 3. The zero-order valence-electron chi connectivity index (χ0n) is 6.64. The van der Waals surface area contributed by atoms with Crippen molar-refractivity contribution in [1.29, 1.82) is 0 Å². The molecule has 0 amide bonds. The molecule has 0 aromatic rings. The number of esters is 1. The molecular formula is C7H10Br2O3. The van der Waals surface area contributed by atoms with E-state index in [1.807, 2.05) is 0 Å². The fraction of sp³-hybridized carbons (Fsp3) is 0.857. The number of rotatable bonds is 3. The van der Waals surface area contributed by atoms with Crippen LogP contribution in [0.5, 0.6) is 0 Å². The lowest BCUT2D eigenvalue weighted by Crippen LogP contribution is -2.27. The lowest BCUT2D eigenvalue weighted by molar-refractivity contribution is -0.151. The molecule has 0 heterocycles. The van der Waals surface area contributed by atoms with Gasteiger partial charge in [0.05, 0.1) is 13.2 Å². The van der Waals surface area contributed by atoms with Crippen LogP contribution in [-0.2, 0) is 9.53 Å². The maximum atomic E-state index is 11.3. The van der Waals surface area contributed by atoms with E-state index in [4.69, 9.17) is 9.84 Å². The largest absolute Gasteiger partial charge is 0.465 e. The van der Waals surface area contributed by atoms with Gasteiger partial charge in [-0.25, -0.2) is 0 Å². The van der Waals surface area contributed by atoms with Crippen LogP contribution in [0.4, 0.5) is 0 Å². The van der Waals surface area contributed by atoms with Gasteiger partial charge in [-0.3, -0.25) is 4.79 Å². The smallest absolute Gasteiger partial charge is 0.316 e. The molecule has 1 rings (SSSR count). The van der Waals surface area contributed by atoms with Crippen LogP contribution < -0.4 is 0 Å². The molecule has 0 bridgehead atoms. The lowest BCUT2D eigenvalue weighted by atomic mass is 10.1. The molecule has 1 N–H and O–H groups in total. The molecule has 1 unspecified atom stereocenters. The number of halogens is 2. The first-order valence-corrected chi connectivity index (χ1v) is 5.24. The highest BCUT2D eigenvalue weighted by molar-refractivity contribution is 9.25. The summed E-state index contributed by atoms with van der Waals surface area (Å²) >= 11 is 6.59. The van der Waals surface area contributed by atoms with Crippen molar-refractivity contribution >= 4 is 37.8 Å². The third-order valence-electron chi connectivity index (χ3n) is 2.04. The summed E-state index contributed by atoms with van der Waals surface area (Å²) in [6, 6.07) is 0. The summed E-state index contributed by atoms with van der Waals surface area (Å²) < 4.78 is 4.37. The summed E-state index contributed by atoms with van der Waals surface area (Å²) in [6.45, 7) is 1.90. The van der Waals surface area contributed by atoms with Gasteiger partial charge in [0, 0.05) is 0 Å². The minimum Gasteiger partial charge on any atom is -0.465 e. The van der Waals surface area contributed by atoms with Crippen molar-refractivity contribution in [1.82, 2.24) is 0 Å². The number of carbonyl (C=O) groups is 1. The number of hydrogen-bond donors (Lipinski definition) is 1. The van der Waals surface area contributed by atoms with E-state index in [9.17, 15) is 4.79 Å². The van der Waals surface area contributed by atoms with Gasteiger partial charge >= 0.3 is 5.97 Å². The third-order valence-corrected chi connectivity index (χ3v) is 4.11. The number of ether oxygens (including phenoxy) is 1. The minimum atomic E-state index is -0.775. The monoisotopic (exact) mass is 300 g/mol. The Morgan fingerprint density at radius 1 is 1.67 bits per heavy atom. The van der Waals surface area contributed by atoms with E-state index in [1.165, 1.54) is 0 Å². The Labute approximate surface area is 87.7 Å². The van der Waals surface area contributed by atoms with Gasteiger partial charge in [0.15, 0.2) is 0 Å². The van der Waals surface area contributed by atoms with Gasteiger partial charge in [0.2, 0.25) is 0 Å². The highest BCUT2D eigenvalue weighted by Crippen LogP contribution is 2.66. The van der Waals surface area contributed by atoms with Crippen LogP contribution in [0, 0.1) is 5.41 Å². The zero-order valence-corrected chi connectivity index (χ0v) is 9.81. The summed E-state index contributed by atoms with van der Waals surface area (Å²) in [7, 11) is 0. The van der Waals surface area contributed by atoms with Crippen LogP contribution in [0.1, 0.15) is 13.3 Å². The first-order chi connectivity index (χ1) is 5.50. The molecule has 5 heteroatoms. The van der Waals surface area contributed by atoms with Gasteiger partial charge in [-0.15, -0.1) is 0 Å². The molecule has 0 radical (unpaired) electrons. The van der Waals surface area contributed by atoms with Crippen molar-refractivity contribution in [2.45, 2.75) is 16.6 Å². The Balaban J connectivity index is 2.66. The van der Waals surface area contributed by atoms with Gasteiger partial charge in [-0.2, -0.15) is 0 Å². The molecule has 0 spiro atoms. The second kappa shape index (κ2) is 3.27. The van der Waals surface area contributed by atoms with Crippen LogP contribution in [-0.4, -0.2) is 27.5 Å². The highest BCUT2D eigenvalue weighted by Gasteiger charge is 2.71. The van der Waals surface area contributed by atoms with Crippen LogP contribution in [0.15, 0.2) is 0 Å². The third kappa shape index (κ3) is 1.42. The van der Waals surface area contributed by atoms with Crippen molar-refractivity contribution in [2.24, 2.45) is 5.41 Å². The summed E-state index contributed by atoms with van der Waals surface area (Å²) in [5.74, 6) is -0.346. The summed E-state index contributed by atoms with van der Waals surface area (Å²) in [5.41, 5.74) is -0.775. The Morgan fingerprint density at radius 2 is 2.17 bits per heavy atom. The van der Waals surface area contributed by atoms with E-state index < -0.39 is 8.65 Å². The molecular weight excluding hydrogens is 292 g/mol. The Hall–Kier alpha value is 0.390. The average molecular weight is 302 g/mol. The maximum Gasteiger partial charge on any atom is 0.316 e. The summed E-state index contributed by atoms with van der Waals surface area (Å²) in [4.78, 5) is 11.3. The number of carbonyl (C=O) groups excluding carboxylic acids is 1. The second-order valence-corrected chi connectivity index (χ2v) is 6.61. The number of alkyl halides is 2. The van der Waals surface area contributed by atoms with E-state index in [1.54, 1.807) is 6.92 Å². The normalized spacial score (nSPS) is 31.3. The first-order valence-electron chi connectivity index (χ1n) is 3.66. The molecule has 1 aliphatic carbocycles. The van der Waals surface area contributed by atoms with Gasteiger partial charge in [-0.05, 0) is 13.3 Å². The van der Waals surface area contributed by atoms with Crippen molar-refractivity contribution in [3.63, 3.8) is 0 Å². The molecule has 0 saturated heterocycles. The number of aliphatic hydroxyl groups excluding tert-OH is 1. The van der Waals surface area contributed by atoms with Crippen LogP contribution in [0.2, 0.25) is 0 Å². The van der Waals surface area contributed by atoms with Gasteiger partial charge in [0.25, 0.3) is 0 Å². The van der Waals surface area contributed by atoms with Crippen LogP contribution in [0.3, 0.4) is 0 Å². The fourth-order valence-electron chi connectivity index (χ4n) is 1.06. The van der Waals surface area contributed by atoms with Crippen molar-refractivity contribution in [2.75, 3.05) is 13.2 Å². The molecule has 1 atom stereocenters. The van der Waals surface area contributed by atoms with Crippen molar-refractivity contribution in [3.05, 3.63) is 0 Å². The Kier molecular flexibility index (Phi) is 2.85. The Bertz CT molecular complexity index is 205. The molecule has 0 aliphatic heterocycles. The topological polar surface area (TPSA) is 46.5 Å². The zero-order chi connectivity index (χ0) is 9.41. The average Bonchev–Trinajstić information content (AvgIpc) is 2.55. The molecule has 0 aromatic heterocycles. The molecule has 1 saturated carbocycles. The molecule has 0 aromatic carbocycles. The minimum absolute atomic E-state index is 0.192.